The largest absolute Gasteiger partial charge is 0.399 e. The van der Waals surface area contributed by atoms with Crippen molar-refractivity contribution in [1.82, 2.24) is 4.90 Å². The van der Waals surface area contributed by atoms with E-state index in [4.69, 9.17) is 5.73 Å². The lowest BCUT2D eigenvalue weighted by Crippen LogP contribution is -2.27. The summed E-state index contributed by atoms with van der Waals surface area (Å²) in [5.74, 6) is 0.0432. The van der Waals surface area contributed by atoms with Crippen molar-refractivity contribution in [1.29, 1.82) is 0 Å². The van der Waals surface area contributed by atoms with Crippen LogP contribution < -0.4 is 11.1 Å². The molecule has 1 rings (SSSR count). The lowest BCUT2D eigenvalue weighted by Gasteiger charge is -2.17. The molecule has 0 aromatic heterocycles. The van der Waals surface area contributed by atoms with Gasteiger partial charge in [-0.15, -0.1) is 0 Å². The lowest BCUT2D eigenvalue weighted by molar-refractivity contribution is -0.116. The molecule has 94 valence electrons. The normalized spacial score (nSPS) is 10.5. The second kappa shape index (κ2) is 6.91. The van der Waals surface area contributed by atoms with Gasteiger partial charge in [-0.1, -0.05) is 13.8 Å². The molecule has 0 fully saturated rings. The molecule has 4 nitrogen and oxygen atoms in total. The van der Waals surface area contributed by atoms with E-state index >= 15 is 0 Å². The van der Waals surface area contributed by atoms with Crippen LogP contribution in [0.4, 0.5) is 11.4 Å². The van der Waals surface area contributed by atoms with Gasteiger partial charge in [0, 0.05) is 24.3 Å². The molecule has 17 heavy (non-hydrogen) atoms. The van der Waals surface area contributed by atoms with Crippen molar-refractivity contribution >= 4 is 17.3 Å². The maximum absolute atomic E-state index is 11.7. The number of carbonyl (C=O) groups excluding carboxylic acids is 1. The zero-order chi connectivity index (χ0) is 12.7. The number of rotatable bonds is 6. The highest BCUT2D eigenvalue weighted by Gasteiger charge is 2.05. The van der Waals surface area contributed by atoms with Crippen molar-refractivity contribution in [3.05, 3.63) is 24.3 Å². The molecule has 0 bridgehead atoms. The van der Waals surface area contributed by atoms with Gasteiger partial charge < -0.3 is 16.0 Å². The first-order valence-corrected chi connectivity index (χ1v) is 6.03. The number of hydrogen-bond acceptors (Lipinski definition) is 3. The predicted octanol–water partition coefficient (Wildman–Crippen LogP) is 1.94. The maximum Gasteiger partial charge on any atom is 0.225 e. The summed E-state index contributed by atoms with van der Waals surface area (Å²) in [6.45, 7) is 6.95. The van der Waals surface area contributed by atoms with Crippen molar-refractivity contribution in [3.8, 4) is 0 Å². The Morgan fingerprint density at radius 2 is 1.82 bits per heavy atom. The van der Waals surface area contributed by atoms with E-state index < -0.39 is 0 Å². The summed E-state index contributed by atoms with van der Waals surface area (Å²) in [7, 11) is 0. The molecule has 0 heterocycles. The van der Waals surface area contributed by atoms with E-state index in [1.807, 2.05) is 12.1 Å². The number of amides is 1. The summed E-state index contributed by atoms with van der Waals surface area (Å²) in [5, 5.41) is 2.85. The number of carbonyl (C=O) groups is 1. The molecular weight excluding hydrogens is 214 g/mol. The number of hydrogen-bond donors (Lipinski definition) is 2. The molecule has 0 saturated heterocycles. The van der Waals surface area contributed by atoms with Crippen LogP contribution in [0.5, 0.6) is 0 Å². The highest BCUT2D eigenvalue weighted by molar-refractivity contribution is 5.90. The molecule has 1 aromatic rings. The van der Waals surface area contributed by atoms with Crippen LogP contribution in [0.25, 0.3) is 0 Å². The summed E-state index contributed by atoms with van der Waals surface area (Å²) in [4.78, 5) is 13.9. The van der Waals surface area contributed by atoms with Crippen LogP contribution in [0, 0.1) is 0 Å². The fourth-order valence-electron chi connectivity index (χ4n) is 1.59. The standard InChI is InChI=1S/C13H21N3O/c1-3-16(4-2)10-9-13(17)15-12-7-5-11(14)6-8-12/h5-8H,3-4,9-10,14H2,1-2H3,(H,15,17). The van der Waals surface area contributed by atoms with Gasteiger partial charge in [0.1, 0.15) is 0 Å². The molecule has 0 aliphatic carbocycles. The van der Waals surface area contributed by atoms with E-state index in [0.29, 0.717) is 12.1 Å². The van der Waals surface area contributed by atoms with Crippen LogP contribution in [-0.4, -0.2) is 30.4 Å². The van der Waals surface area contributed by atoms with Crippen molar-refractivity contribution < 1.29 is 4.79 Å². The maximum atomic E-state index is 11.7. The molecule has 1 amide bonds. The predicted molar refractivity (Wildman–Crippen MR) is 71.9 cm³/mol. The van der Waals surface area contributed by atoms with Gasteiger partial charge in [0.05, 0.1) is 0 Å². The lowest BCUT2D eigenvalue weighted by atomic mass is 10.2. The first-order chi connectivity index (χ1) is 8.15. The summed E-state index contributed by atoms with van der Waals surface area (Å²) in [6.07, 6.45) is 0.520. The third kappa shape index (κ3) is 4.87. The number of anilines is 2. The molecule has 0 saturated carbocycles. The Bertz CT molecular complexity index is 344. The fraction of sp³-hybridized carbons (Fsp3) is 0.462. The molecule has 3 N–H and O–H groups in total. The third-order valence-corrected chi connectivity index (χ3v) is 2.74. The molecule has 0 radical (unpaired) electrons. The Morgan fingerprint density at radius 3 is 2.35 bits per heavy atom. The fourth-order valence-corrected chi connectivity index (χ4v) is 1.59. The van der Waals surface area contributed by atoms with E-state index in [1.54, 1.807) is 12.1 Å². The first kappa shape index (κ1) is 13.5. The van der Waals surface area contributed by atoms with Crippen LogP contribution >= 0.6 is 0 Å². The second-order valence-corrected chi connectivity index (χ2v) is 3.95. The Morgan fingerprint density at radius 1 is 1.24 bits per heavy atom. The second-order valence-electron chi connectivity index (χ2n) is 3.95. The van der Waals surface area contributed by atoms with Crippen LogP contribution in [-0.2, 0) is 4.79 Å². The van der Waals surface area contributed by atoms with Crippen molar-refractivity contribution in [2.24, 2.45) is 0 Å². The van der Waals surface area contributed by atoms with E-state index in [1.165, 1.54) is 0 Å². The average molecular weight is 235 g/mol. The molecule has 4 heteroatoms. The first-order valence-electron chi connectivity index (χ1n) is 6.03. The molecule has 0 aliphatic rings. The summed E-state index contributed by atoms with van der Waals surface area (Å²) >= 11 is 0. The number of nitrogens with two attached hydrogens (primary N) is 1. The van der Waals surface area contributed by atoms with Gasteiger partial charge in [0.25, 0.3) is 0 Å². The number of nitrogens with zero attached hydrogens (tertiary/aromatic N) is 1. The Kier molecular flexibility index (Phi) is 5.49. The van der Waals surface area contributed by atoms with Gasteiger partial charge in [0.2, 0.25) is 5.91 Å². The summed E-state index contributed by atoms with van der Waals surface area (Å²) in [6, 6.07) is 7.18. The molecule has 0 aliphatic heterocycles. The third-order valence-electron chi connectivity index (χ3n) is 2.74. The van der Waals surface area contributed by atoms with E-state index in [-0.39, 0.29) is 5.91 Å². The molecule has 1 aromatic carbocycles. The molecule has 0 atom stereocenters. The number of nitrogen functional groups attached to an aromatic ring is 1. The zero-order valence-electron chi connectivity index (χ0n) is 10.6. The number of nitrogens with one attached hydrogen (secondary N) is 1. The van der Waals surface area contributed by atoms with Crippen molar-refractivity contribution in [3.63, 3.8) is 0 Å². The average Bonchev–Trinajstić information content (AvgIpc) is 2.33. The topological polar surface area (TPSA) is 58.4 Å². The molecule has 0 unspecified atom stereocenters. The minimum absolute atomic E-state index is 0.0432. The smallest absolute Gasteiger partial charge is 0.225 e. The minimum Gasteiger partial charge on any atom is -0.399 e. The van der Waals surface area contributed by atoms with Gasteiger partial charge >= 0.3 is 0 Å². The minimum atomic E-state index is 0.0432. The van der Waals surface area contributed by atoms with E-state index in [0.717, 1.165) is 25.3 Å². The van der Waals surface area contributed by atoms with Crippen LogP contribution in [0.2, 0.25) is 0 Å². The van der Waals surface area contributed by atoms with Gasteiger partial charge in [-0.25, -0.2) is 0 Å². The van der Waals surface area contributed by atoms with E-state index in [2.05, 4.69) is 24.1 Å². The van der Waals surface area contributed by atoms with Crippen LogP contribution in [0.1, 0.15) is 20.3 Å². The van der Waals surface area contributed by atoms with Gasteiger partial charge in [0.15, 0.2) is 0 Å². The van der Waals surface area contributed by atoms with Crippen molar-refractivity contribution in [2.75, 3.05) is 30.7 Å². The van der Waals surface area contributed by atoms with Crippen LogP contribution in [0.15, 0.2) is 24.3 Å². The molecule has 0 spiro atoms. The summed E-state index contributed by atoms with van der Waals surface area (Å²) in [5.41, 5.74) is 7.07. The highest BCUT2D eigenvalue weighted by Crippen LogP contribution is 2.10. The Labute approximate surface area is 103 Å². The Hall–Kier alpha value is -1.55. The SMILES string of the molecule is CCN(CC)CCC(=O)Nc1ccc(N)cc1. The Balaban J connectivity index is 2.37. The monoisotopic (exact) mass is 235 g/mol. The van der Waals surface area contributed by atoms with Gasteiger partial charge in [-0.3, -0.25) is 4.79 Å². The summed E-state index contributed by atoms with van der Waals surface area (Å²) < 4.78 is 0. The van der Waals surface area contributed by atoms with Gasteiger partial charge in [-0.2, -0.15) is 0 Å². The number of benzene rings is 1. The zero-order valence-corrected chi connectivity index (χ0v) is 10.6. The molecular formula is C13H21N3O. The van der Waals surface area contributed by atoms with Crippen LogP contribution in [0.3, 0.4) is 0 Å². The van der Waals surface area contributed by atoms with Crippen molar-refractivity contribution in [2.45, 2.75) is 20.3 Å². The highest BCUT2D eigenvalue weighted by atomic mass is 16.1. The van der Waals surface area contributed by atoms with E-state index in [9.17, 15) is 4.79 Å². The van der Waals surface area contributed by atoms with Gasteiger partial charge in [-0.05, 0) is 37.4 Å². The quantitative estimate of drug-likeness (QED) is 0.741.